The van der Waals surface area contributed by atoms with E-state index in [-0.39, 0.29) is 6.61 Å². The monoisotopic (exact) mass is 209 g/mol. The van der Waals surface area contributed by atoms with Gasteiger partial charge in [0, 0.05) is 6.54 Å². The summed E-state index contributed by atoms with van der Waals surface area (Å²) in [7, 11) is 0. The number of rotatable bonds is 6. The highest BCUT2D eigenvalue weighted by Gasteiger charge is 2.07. The molecular formula is C12H19NO2. The average Bonchev–Trinajstić information content (AvgIpc) is 2.64. The van der Waals surface area contributed by atoms with E-state index in [1.54, 1.807) is 0 Å². The first kappa shape index (κ1) is 12.0. The Morgan fingerprint density at radius 1 is 1.47 bits per heavy atom. The van der Waals surface area contributed by atoms with Gasteiger partial charge in [-0.3, -0.25) is 4.90 Å². The van der Waals surface area contributed by atoms with Crippen molar-refractivity contribution in [1.29, 1.82) is 0 Å². The quantitative estimate of drug-likeness (QED) is 0.729. The summed E-state index contributed by atoms with van der Waals surface area (Å²) in [6.07, 6.45) is 0. The van der Waals surface area contributed by atoms with Gasteiger partial charge in [0.25, 0.3) is 0 Å². The zero-order chi connectivity index (χ0) is 11.3. The number of likely N-dealkylation sites (N-methyl/N-ethyl adjacent to an activating group) is 1. The largest absolute Gasteiger partial charge is 0.462 e. The maximum Gasteiger partial charge on any atom is 0.129 e. The van der Waals surface area contributed by atoms with Gasteiger partial charge in [0.2, 0.25) is 0 Å². The summed E-state index contributed by atoms with van der Waals surface area (Å²) in [6.45, 7) is 10.6. The third-order valence-electron chi connectivity index (χ3n) is 2.19. The van der Waals surface area contributed by atoms with Crippen LogP contribution in [0.15, 0.2) is 28.7 Å². The molecule has 0 atom stereocenters. The van der Waals surface area contributed by atoms with Gasteiger partial charge in [-0.1, -0.05) is 19.1 Å². The minimum atomic E-state index is -0.0351. The van der Waals surface area contributed by atoms with Crippen LogP contribution < -0.4 is 0 Å². The Kier molecular flexibility index (Phi) is 4.59. The smallest absolute Gasteiger partial charge is 0.129 e. The van der Waals surface area contributed by atoms with E-state index < -0.39 is 0 Å². The zero-order valence-corrected chi connectivity index (χ0v) is 9.49. The number of furan rings is 1. The van der Waals surface area contributed by atoms with Crippen molar-refractivity contribution in [3.63, 3.8) is 0 Å². The molecule has 1 aromatic heterocycles. The molecule has 0 amide bonds. The summed E-state index contributed by atoms with van der Waals surface area (Å²) in [5.74, 6) is 1.51. The summed E-state index contributed by atoms with van der Waals surface area (Å²) in [4.78, 5) is 2.24. The molecule has 0 bridgehead atoms. The lowest BCUT2D eigenvalue weighted by atomic mass is 10.3. The molecule has 84 valence electrons. The van der Waals surface area contributed by atoms with Crippen LogP contribution in [0, 0.1) is 0 Å². The number of hydrogen-bond donors (Lipinski definition) is 1. The molecule has 1 aromatic rings. The lowest BCUT2D eigenvalue weighted by Gasteiger charge is -2.18. The highest BCUT2D eigenvalue weighted by molar-refractivity contribution is 5.06. The molecule has 0 aromatic carbocycles. The van der Waals surface area contributed by atoms with E-state index in [2.05, 4.69) is 18.4 Å². The van der Waals surface area contributed by atoms with Crippen LogP contribution in [-0.2, 0) is 13.2 Å². The van der Waals surface area contributed by atoms with E-state index in [4.69, 9.17) is 9.52 Å². The maximum absolute atomic E-state index is 8.87. The van der Waals surface area contributed by atoms with Gasteiger partial charge in [-0.15, -0.1) is 0 Å². The van der Waals surface area contributed by atoms with E-state index >= 15 is 0 Å². The molecule has 1 rings (SSSR count). The molecule has 0 aliphatic rings. The van der Waals surface area contributed by atoms with Gasteiger partial charge in [0.1, 0.15) is 18.1 Å². The molecule has 3 nitrogen and oxygen atoms in total. The maximum atomic E-state index is 8.87. The molecule has 1 N–H and O–H groups in total. The number of nitrogens with zero attached hydrogens (tertiary/aromatic N) is 1. The van der Waals surface area contributed by atoms with Gasteiger partial charge >= 0.3 is 0 Å². The molecule has 1 heterocycles. The first-order valence-electron chi connectivity index (χ1n) is 5.21. The highest BCUT2D eigenvalue weighted by atomic mass is 16.4. The Hall–Kier alpha value is -1.06. The Morgan fingerprint density at radius 3 is 2.60 bits per heavy atom. The standard InChI is InChI=1S/C12H19NO2/c1-4-13(7-10(2)3)8-11-5-6-12(9-14)15-11/h5-6,14H,2,4,7-9H2,1,3H3. The van der Waals surface area contributed by atoms with Crippen molar-refractivity contribution in [2.45, 2.75) is 27.0 Å². The summed E-state index contributed by atoms with van der Waals surface area (Å²) in [5, 5.41) is 8.87. The van der Waals surface area contributed by atoms with Crippen molar-refractivity contribution in [1.82, 2.24) is 4.90 Å². The van der Waals surface area contributed by atoms with Gasteiger partial charge in [-0.05, 0) is 25.6 Å². The van der Waals surface area contributed by atoms with E-state index in [9.17, 15) is 0 Å². The third-order valence-corrected chi connectivity index (χ3v) is 2.19. The van der Waals surface area contributed by atoms with Gasteiger partial charge < -0.3 is 9.52 Å². The lowest BCUT2D eigenvalue weighted by molar-refractivity contribution is 0.229. The minimum absolute atomic E-state index is 0.0351. The van der Waals surface area contributed by atoms with E-state index in [1.165, 1.54) is 0 Å². The normalized spacial score (nSPS) is 10.9. The SMILES string of the molecule is C=C(C)CN(CC)Cc1ccc(CO)o1. The summed E-state index contributed by atoms with van der Waals surface area (Å²) >= 11 is 0. The minimum Gasteiger partial charge on any atom is -0.462 e. The molecule has 0 aliphatic carbocycles. The molecule has 0 saturated carbocycles. The van der Waals surface area contributed by atoms with Crippen molar-refractivity contribution >= 4 is 0 Å². The Bertz CT molecular complexity index is 317. The van der Waals surface area contributed by atoms with Crippen molar-refractivity contribution < 1.29 is 9.52 Å². The van der Waals surface area contributed by atoms with Crippen LogP contribution in [0.2, 0.25) is 0 Å². The van der Waals surface area contributed by atoms with Crippen LogP contribution in [0.25, 0.3) is 0 Å². The first-order chi connectivity index (χ1) is 7.15. The first-order valence-corrected chi connectivity index (χ1v) is 5.21. The summed E-state index contributed by atoms with van der Waals surface area (Å²) in [5.41, 5.74) is 1.14. The fourth-order valence-electron chi connectivity index (χ4n) is 1.47. The summed E-state index contributed by atoms with van der Waals surface area (Å²) in [6, 6.07) is 3.72. The van der Waals surface area contributed by atoms with E-state index in [1.807, 2.05) is 19.1 Å². The van der Waals surface area contributed by atoms with Crippen LogP contribution in [-0.4, -0.2) is 23.1 Å². The fourth-order valence-corrected chi connectivity index (χ4v) is 1.47. The molecule has 15 heavy (non-hydrogen) atoms. The number of aliphatic hydroxyl groups is 1. The number of aliphatic hydroxyl groups excluding tert-OH is 1. The topological polar surface area (TPSA) is 36.6 Å². The third kappa shape index (κ3) is 3.90. The van der Waals surface area contributed by atoms with Crippen LogP contribution in [0.4, 0.5) is 0 Å². The molecule has 3 heteroatoms. The van der Waals surface area contributed by atoms with Crippen molar-refractivity contribution in [3.8, 4) is 0 Å². The van der Waals surface area contributed by atoms with Crippen molar-refractivity contribution in [2.75, 3.05) is 13.1 Å². The molecular weight excluding hydrogens is 190 g/mol. The number of hydrogen-bond acceptors (Lipinski definition) is 3. The molecule has 0 aliphatic heterocycles. The highest BCUT2D eigenvalue weighted by Crippen LogP contribution is 2.11. The predicted octanol–water partition coefficient (Wildman–Crippen LogP) is 2.17. The van der Waals surface area contributed by atoms with Crippen LogP contribution in [0.1, 0.15) is 25.4 Å². The Morgan fingerprint density at radius 2 is 2.13 bits per heavy atom. The van der Waals surface area contributed by atoms with Gasteiger partial charge in [0.15, 0.2) is 0 Å². The summed E-state index contributed by atoms with van der Waals surface area (Å²) < 4.78 is 5.43. The Labute approximate surface area is 91.0 Å². The molecule has 0 saturated heterocycles. The average molecular weight is 209 g/mol. The second-order valence-electron chi connectivity index (χ2n) is 3.79. The predicted molar refractivity (Wildman–Crippen MR) is 60.4 cm³/mol. The fraction of sp³-hybridized carbons (Fsp3) is 0.500. The molecule has 0 radical (unpaired) electrons. The molecule has 0 fully saturated rings. The van der Waals surface area contributed by atoms with E-state index in [0.717, 1.165) is 31.0 Å². The Balaban J connectivity index is 2.54. The lowest BCUT2D eigenvalue weighted by Crippen LogP contribution is -2.24. The van der Waals surface area contributed by atoms with Crippen molar-refractivity contribution in [3.05, 3.63) is 35.8 Å². The van der Waals surface area contributed by atoms with Gasteiger partial charge in [-0.2, -0.15) is 0 Å². The van der Waals surface area contributed by atoms with Crippen LogP contribution in [0.3, 0.4) is 0 Å². The molecule has 0 unspecified atom stereocenters. The van der Waals surface area contributed by atoms with Crippen LogP contribution >= 0.6 is 0 Å². The van der Waals surface area contributed by atoms with Crippen molar-refractivity contribution in [2.24, 2.45) is 0 Å². The van der Waals surface area contributed by atoms with Gasteiger partial charge in [0.05, 0.1) is 6.54 Å². The van der Waals surface area contributed by atoms with Gasteiger partial charge in [-0.25, -0.2) is 0 Å². The molecule has 0 spiro atoms. The zero-order valence-electron chi connectivity index (χ0n) is 9.49. The second kappa shape index (κ2) is 5.73. The van der Waals surface area contributed by atoms with E-state index in [0.29, 0.717) is 5.76 Å². The van der Waals surface area contributed by atoms with Crippen LogP contribution in [0.5, 0.6) is 0 Å². The second-order valence-corrected chi connectivity index (χ2v) is 3.79.